The molecular formula is C14H17IN2OS. The summed E-state index contributed by atoms with van der Waals surface area (Å²) in [5, 5.41) is 7.69. The fraction of sp³-hybridized carbons (Fsp3) is 0.500. The monoisotopic (exact) mass is 388 g/mol. The highest BCUT2D eigenvalue weighted by atomic mass is 127. The molecule has 102 valence electrons. The number of fused-ring (bicyclic) bond motifs is 1. The lowest BCUT2D eigenvalue weighted by atomic mass is 9.94. The van der Waals surface area contributed by atoms with Gasteiger partial charge in [0.25, 0.3) is 0 Å². The van der Waals surface area contributed by atoms with Crippen LogP contribution in [-0.2, 0) is 13.0 Å². The van der Waals surface area contributed by atoms with E-state index in [0.717, 1.165) is 18.0 Å². The predicted octanol–water partition coefficient (Wildman–Crippen LogP) is 4.12. The van der Waals surface area contributed by atoms with Gasteiger partial charge in [-0.15, -0.1) is 11.3 Å². The van der Waals surface area contributed by atoms with E-state index in [-0.39, 0.29) is 0 Å². The van der Waals surface area contributed by atoms with E-state index in [1.54, 1.807) is 4.88 Å². The van der Waals surface area contributed by atoms with Crippen LogP contribution in [0.25, 0.3) is 0 Å². The smallest absolute Gasteiger partial charge is 0.138 e. The van der Waals surface area contributed by atoms with Crippen molar-refractivity contribution < 1.29 is 4.52 Å². The van der Waals surface area contributed by atoms with Crippen LogP contribution in [0.3, 0.4) is 0 Å². The molecule has 0 saturated carbocycles. The lowest BCUT2D eigenvalue weighted by Crippen LogP contribution is -2.24. The van der Waals surface area contributed by atoms with Crippen molar-refractivity contribution in [3.8, 4) is 0 Å². The number of halogens is 1. The number of nitrogens with one attached hydrogen (secondary N) is 1. The van der Waals surface area contributed by atoms with Crippen molar-refractivity contribution in [3.05, 3.63) is 36.4 Å². The molecule has 0 radical (unpaired) electrons. The molecule has 0 amide bonds. The molecule has 3 nitrogen and oxygen atoms in total. The molecule has 2 aromatic rings. The number of rotatable bonds is 3. The van der Waals surface area contributed by atoms with E-state index in [2.05, 4.69) is 39.1 Å². The van der Waals surface area contributed by atoms with E-state index in [1.807, 2.05) is 25.2 Å². The van der Waals surface area contributed by atoms with E-state index >= 15 is 0 Å². The van der Waals surface area contributed by atoms with Gasteiger partial charge in [-0.1, -0.05) is 5.16 Å². The molecule has 1 aliphatic carbocycles. The van der Waals surface area contributed by atoms with Crippen LogP contribution >= 0.6 is 33.9 Å². The maximum Gasteiger partial charge on any atom is 0.138 e. The molecule has 0 bridgehead atoms. The van der Waals surface area contributed by atoms with Crippen molar-refractivity contribution in [1.29, 1.82) is 0 Å². The van der Waals surface area contributed by atoms with Crippen LogP contribution in [0.1, 0.15) is 46.3 Å². The molecule has 5 heteroatoms. The minimum Gasteiger partial charge on any atom is -0.361 e. The molecule has 0 aromatic carbocycles. The molecule has 0 aliphatic heterocycles. The molecule has 1 N–H and O–H groups in total. The summed E-state index contributed by atoms with van der Waals surface area (Å²) in [5.74, 6) is 0.931. The van der Waals surface area contributed by atoms with Gasteiger partial charge in [0.1, 0.15) is 5.76 Å². The van der Waals surface area contributed by atoms with Crippen molar-refractivity contribution >= 4 is 33.9 Å². The predicted molar refractivity (Wildman–Crippen MR) is 85.5 cm³/mol. The summed E-state index contributed by atoms with van der Waals surface area (Å²) >= 11 is 4.37. The van der Waals surface area contributed by atoms with E-state index in [4.69, 9.17) is 4.52 Å². The first-order chi connectivity index (χ1) is 9.15. The summed E-state index contributed by atoms with van der Waals surface area (Å²) in [6, 6.07) is 2.82. The Morgan fingerprint density at radius 1 is 1.53 bits per heavy atom. The van der Waals surface area contributed by atoms with Gasteiger partial charge in [-0.2, -0.15) is 0 Å². The van der Waals surface area contributed by atoms with Crippen molar-refractivity contribution in [2.24, 2.45) is 0 Å². The average Bonchev–Trinajstić information content (AvgIpc) is 2.90. The molecule has 0 spiro atoms. The molecule has 0 fully saturated rings. The van der Waals surface area contributed by atoms with E-state index in [9.17, 15) is 0 Å². The Hall–Kier alpha value is -0.400. The number of nitrogens with zero attached hydrogens (tertiary/aromatic N) is 1. The quantitative estimate of drug-likeness (QED) is 0.804. The maximum atomic E-state index is 5.22. The second-order valence-electron chi connectivity index (χ2n) is 5.06. The Morgan fingerprint density at radius 3 is 3.11 bits per heavy atom. The zero-order chi connectivity index (χ0) is 13.4. The van der Waals surface area contributed by atoms with Crippen LogP contribution in [0.4, 0.5) is 0 Å². The summed E-state index contributed by atoms with van der Waals surface area (Å²) in [5.41, 5.74) is 3.71. The molecular weight excluding hydrogens is 371 g/mol. The number of aromatic nitrogens is 1. The fourth-order valence-corrected chi connectivity index (χ4v) is 4.83. The van der Waals surface area contributed by atoms with E-state index in [0.29, 0.717) is 6.04 Å². The van der Waals surface area contributed by atoms with E-state index < -0.39 is 0 Å². The maximum absolute atomic E-state index is 5.22. The normalized spacial score (nSPS) is 18.6. The van der Waals surface area contributed by atoms with E-state index in [1.165, 1.54) is 33.3 Å². The third-order valence-corrected chi connectivity index (χ3v) is 5.76. The molecule has 1 atom stereocenters. The van der Waals surface area contributed by atoms with Crippen LogP contribution in [0.15, 0.2) is 10.6 Å². The number of hydrogen-bond acceptors (Lipinski definition) is 4. The zero-order valence-electron chi connectivity index (χ0n) is 11.1. The van der Waals surface area contributed by atoms with Gasteiger partial charge in [-0.3, -0.25) is 0 Å². The molecule has 0 saturated heterocycles. The van der Waals surface area contributed by atoms with Crippen LogP contribution in [0.5, 0.6) is 0 Å². The van der Waals surface area contributed by atoms with Crippen molar-refractivity contribution in [1.82, 2.24) is 10.5 Å². The first-order valence-electron chi connectivity index (χ1n) is 6.58. The lowest BCUT2D eigenvalue weighted by Gasteiger charge is -2.23. The van der Waals surface area contributed by atoms with Gasteiger partial charge in [0.15, 0.2) is 0 Å². The Labute approximate surface area is 130 Å². The second-order valence-corrected chi connectivity index (χ2v) is 8.09. The highest BCUT2D eigenvalue weighted by Crippen LogP contribution is 2.36. The van der Waals surface area contributed by atoms with Crippen LogP contribution in [0.2, 0.25) is 0 Å². The summed E-state index contributed by atoms with van der Waals surface area (Å²) in [6.07, 6.45) is 3.75. The summed E-state index contributed by atoms with van der Waals surface area (Å²) in [6.45, 7) is 4.84. The minimum atomic E-state index is 0.484. The Morgan fingerprint density at radius 2 is 2.37 bits per heavy atom. The third-order valence-electron chi connectivity index (χ3n) is 3.79. The Bertz CT molecular complexity index is 571. The van der Waals surface area contributed by atoms with Gasteiger partial charge in [-0.05, 0) is 67.3 Å². The zero-order valence-corrected chi connectivity index (χ0v) is 14.1. The molecule has 1 unspecified atom stereocenters. The van der Waals surface area contributed by atoms with Gasteiger partial charge < -0.3 is 9.84 Å². The topological polar surface area (TPSA) is 38.1 Å². The number of aryl methyl sites for hydroxylation is 3. The standard InChI is InChI=1S/C14H17IN2OS/c1-8-11(9(2)18-17-8)7-16-12-4-3-5-13-10(12)6-14(15)19-13/h6,12,16H,3-5,7H2,1-2H3. The van der Waals surface area contributed by atoms with Gasteiger partial charge >= 0.3 is 0 Å². The van der Waals surface area contributed by atoms with Crippen LogP contribution < -0.4 is 5.32 Å². The molecule has 3 rings (SSSR count). The third kappa shape index (κ3) is 2.73. The average molecular weight is 388 g/mol. The number of thiophene rings is 1. The second kappa shape index (κ2) is 5.54. The van der Waals surface area contributed by atoms with Gasteiger partial charge in [0.05, 0.1) is 8.58 Å². The van der Waals surface area contributed by atoms with Crippen LogP contribution in [-0.4, -0.2) is 5.16 Å². The molecule has 2 heterocycles. The van der Waals surface area contributed by atoms with Crippen LogP contribution in [0, 0.1) is 16.7 Å². The first kappa shape index (κ1) is 13.6. The van der Waals surface area contributed by atoms with Crippen molar-refractivity contribution in [2.45, 2.75) is 45.7 Å². The highest BCUT2D eigenvalue weighted by molar-refractivity contribution is 14.1. The molecule has 19 heavy (non-hydrogen) atoms. The largest absolute Gasteiger partial charge is 0.361 e. The minimum absolute atomic E-state index is 0.484. The van der Waals surface area contributed by atoms with Crippen molar-refractivity contribution in [2.75, 3.05) is 0 Å². The Balaban J connectivity index is 1.75. The van der Waals surface area contributed by atoms with Crippen molar-refractivity contribution in [3.63, 3.8) is 0 Å². The number of hydrogen-bond donors (Lipinski definition) is 1. The first-order valence-corrected chi connectivity index (χ1v) is 8.48. The fourth-order valence-electron chi connectivity index (χ4n) is 2.71. The molecule has 1 aliphatic rings. The molecule has 2 aromatic heterocycles. The Kier molecular flexibility index (Phi) is 3.96. The summed E-state index contributed by atoms with van der Waals surface area (Å²) in [4.78, 5) is 1.56. The SMILES string of the molecule is Cc1noc(C)c1CNC1CCCc2sc(I)cc21. The van der Waals surface area contributed by atoms with Gasteiger partial charge in [-0.25, -0.2) is 0 Å². The van der Waals surface area contributed by atoms with Gasteiger partial charge in [0.2, 0.25) is 0 Å². The lowest BCUT2D eigenvalue weighted by molar-refractivity contribution is 0.390. The highest BCUT2D eigenvalue weighted by Gasteiger charge is 2.22. The van der Waals surface area contributed by atoms with Gasteiger partial charge in [0, 0.05) is 23.0 Å². The summed E-state index contributed by atoms with van der Waals surface area (Å²) in [7, 11) is 0. The summed E-state index contributed by atoms with van der Waals surface area (Å²) < 4.78 is 6.62.